The molecule has 0 aromatic carbocycles. The molecule has 29 heavy (non-hydrogen) atoms. The lowest BCUT2D eigenvalue weighted by molar-refractivity contribution is -0.154. The summed E-state index contributed by atoms with van der Waals surface area (Å²) in [7, 11) is 1.72. The number of hydrogen-bond donors (Lipinski definition) is 1. The van der Waals surface area contributed by atoms with Gasteiger partial charge in [-0.3, -0.25) is 14.4 Å². The number of nitrogens with zero attached hydrogens (tertiary/aromatic N) is 2. The van der Waals surface area contributed by atoms with Gasteiger partial charge in [0.15, 0.2) is 0 Å². The van der Waals surface area contributed by atoms with Crippen LogP contribution < -0.4 is 0 Å². The molecule has 2 amide bonds. The zero-order valence-corrected chi connectivity index (χ0v) is 17.6. The molecule has 0 radical (unpaired) electrons. The van der Waals surface area contributed by atoms with Crippen molar-refractivity contribution in [3.8, 4) is 0 Å². The summed E-state index contributed by atoms with van der Waals surface area (Å²) in [6.45, 7) is 10.1. The van der Waals surface area contributed by atoms with E-state index in [0.29, 0.717) is 13.0 Å². The Balaban J connectivity index is 2.04. The molecule has 1 heterocycles. The van der Waals surface area contributed by atoms with Gasteiger partial charge in [-0.15, -0.1) is 13.2 Å². The molecule has 1 saturated carbocycles. The molecule has 0 bridgehead atoms. The van der Waals surface area contributed by atoms with Gasteiger partial charge >= 0.3 is 5.97 Å². The molecule has 0 aromatic rings. The smallest absolute Gasteiger partial charge is 0.313 e. The molecular weight excluding hydrogens is 372 g/mol. The first-order valence-corrected chi connectivity index (χ1v) is 10.4. The summed E-state index contributed by atoms with van der Waals surface area (Å²) < 4.78 is 5.17. The molecule has 0 unspecified atom stereocenters. The van der Waals surface area contributed by atoms with Crippen molar-refractivity contribution in [1.82, 2.24) is 9.80 Å². The third-order valence-corrected chi connectivity index (χ3v) is 5.98. The number of carbonyl (C=O) groups excluding carboxylic acids is 3. The average Bonchev–Trinajstić information content (AvgIpc) is 3.27. The van der Waals surface area contributed by atoms with Crippen molar-refractivity contribution < 1.29 is 24.2 Å². The number of hydrogen-bond acceptors (Lipinski definition) is 5. The zero-order valence-electron chi connectivity index (χ0n) is 17.6. The quantitative estimate of drug-likeness (QED) is 0.322. The van der Waals surface area contributed by atoms with Crippen molar-refractivity contribution in [2.75, 3.05) is 26.7 Å². The van der Waals surface area contributed by atoms with Gasteiger partial charge in [0.25, 0.3) is 0 Å². The Hall–Kier alpha value is -2.15. The van der Waals surface area contributed by atoms with Crippen molar-refractivity contribution in [3.63, 3.8) is 0 Å². The molecule has 1 aliphatic heterocycles. The summed E-state index contributed by atoms with van der Waals surface area (Å²) in [5.41, 5.74) is -0.882. The predicted molar refractivity (Wildman–Crippen MR) is 110 cm³/mol. The van der Waals surface area contributed by atoms with Gasteiger partial charge in [0.1, 0.15) is 6.04 Å². The highest BCUT2D eigenvalue weighted by Gasteiger charge is 2.61. The number of carbonyl (C=O) groups is 3. The Morgan fingerprint density at radius 1 is 1.31 bits per heavy atom. The third kappa shape index (κ3) is 5.26. The Labute approximate surface area is 173 Å². The van der Waals surface area contributed by atoms with Crippen LogP contribution in [0.3, 0.4) is 0 Å². The van der Waals surface area contributed by atoms with Crippen molar-refractivity contribution in [2.24, 2.45) is 11.3 Å². The predicted octanol–water partition coefficient (Wildman–Crippen LogP) is 1.91. The number of likely N-dealkylation sites (N-methyl/N-ethyl adjacent to an activating group) is 1. The first-order chi connectivity index (χ1) is 13.8. The van der Waals surface area contributed by atoms with E-state index < -0.39 is 17.6 Å². The Morgan fingerprint density at radius 2 is 2.03 bits per heavy atom. The van der Waals surface area contributed by atoms with E-state index in [9.17, 15) is 19.5 Å². The third-order valence-electron chi connectivity index (χ3n) is 5.98. The minimum atomic E-state index is -0.882. The maximum atomic E-state index is 13.0. The summed E-state index contributed by atoms with van der Waals surface area (Å²) in [5.74, 6) is -0.952. The number of unbranched alkanes of at least 4 members (excludes halogenated alkanes) is 2. The molecule has 1 saturated heterocycles. The van der Waals surface area contributed by atoms with Crippen molar-refractivity contribution in [1.29, 1.82) is 0 Å². The number of aliphatic hydroxyl groups is 1. The number of esters is 1. The first kappa shape index (κ1) is 23.1. The van der Waals surface area contributed by atoms with Gasteiger partial charge in [0.2, 0.25) is 11.8 Å². The number of aliphatic hydroxyl groups excluding tert-OH is 1. The Bertz CT molecular complexity index is 649. The molecule has 1 aliphatic carbocycles. The van der Waals surface area contributed by atoms with Gasteiger partial charge in [-0.1, -0.05) is 12.2 Å². The molecular formula is C22H34N2O5. The second-order valence-electron chi connectivity index (χ2n) is 8.10. The monoisotopic (exact) mass is 406 g/mol. The van der Waals surface area contributed by atoms with Crippen LogP contribution in [0.1, 0.15) is 45.4 Å². The fourth-order valence-corrected chi connectivity index (χ4v) is 4.12. The fourth-order valence-electron chi connectivity index (χ4n) is 4.12. The van der Waals surface area contributed by atoms with Gasteiger partial charge in [-0.05, 0) is 38.5 Å². The number of rotatable bonds is 11. The molecule has 162 valence electrons. The van der Waals surface area contributed by atoms with Crippen LogP contribution in [0, 0.1) is 11.3 Å². The summed E-state index contributed by atoms with van der Waals surface area (Å²) in [6.07, 6.45) is 6.21. The average molecular weight is 407 g/mol. The molecule has 7 heteroatoms. The van der Waals surface area contributed by atoms with Gasteiger partial charge in [0.05, 0.1) is 18.1 Å². The van der Waals surface area contributed by atoms with E-state index in [0.717, 1.165) is 19.3 Å². The highest BCUT2D eigenvalue weighted by Crippen LogP contribution is 2.57. The lowest BCUT2D eigenvalue weighted by Gasteiger charge is -2.29. The van der Waals surface area contributed by atoms with E-state index in [1.807, 2.05) is 6.08 Å². The number of allylic oxidation sites excluding steroid dienone is 2. The Morgan fingerprint density at radius 3 is 2.62 bits per heavy atom. The summed E-state index contributed by atoms with van der Waals surface area (Å²) >= 11 is 0. The summed E-state index contributed by atoms with van der Waals surface area (Å²) in [4.78, 5) is 41.4. The topological polar surface area (TPSA) is 87.2 Å². The van der Waals surface area contributed by atoms with Gasteiger partial charge in [0, 0.05) is 33.0 Å². The Kier molecular flexibility index (Phi) is 8.02. The highest BCUT2D eigenvalue weighted by molar-refractivity contribution is 5.92. The standard InChI is InChI=1S/C22H34N2O5/c1-5-8-9-10-11-23(4)20(27)18-12-17(25)15-24(18)19(26)14-22(13-16(22)6-2)21(28)29-7-3/h5-6,16-18,25H,1-2,7-15H2,3-4H3/t16-,17-,18+,22-/m1/s1. The summed E-state index contributed by atoms with van der Waals surface area (Å²) in [5, 5.41) is 10.1. The molecule has 0 spiro atoms. The van der Waals surface area contributed by atoms with E-state index in [1.54, 1.807) is 24.9 Å². The van der Waals surface area contributed by atoms with E-state index in [2.05, 4.69) is 13.2 Å². The molecule has 7 nitrogen and oxygen atoms in total. The molecule has 0 aromatic heterocycles. The van der Waals surface area contributed by atoms with E-state index in [-0.39, 0.29) is 49.7 Å². The van der Waals surface area contributed by atoms with Crippen molar-refractivity contribution in [3.05, 3.63) is 25.3 Å². The van der Waals surface area contributed by atoms with Gasteiger partial charge in [-0.2, -0.15) is 0 Å². The van der Waals surface area contributed by atoms with Crippen LogP contribution in [0.25, 0.3) is 0 Å². The largest absolute Gasteiger partial charge is 0.466 e. The molecule has 2 aliphatic rings. The van der Waals surface area contributed by atoms with Crippen LogP contribution in [0.15, 0.2) is 25.3 Å². The van der Waals surface area contributed by atoms with E-state index in [4.69, 9.17) is 4.74 Å². The van der Waals surface area contributed by atoms with Crippen LogP contribution in [-0.2, 0) is 19.1 Å². The van der Waals surface area contributed by atoms with Crippen LogP contribution in [0.4, 0.5) is 0 Å². The van der Waals surface area contributed by atoms with Gasteiger partial charge in [-0.25, -0.2) is 0 Å². The van der Waals surface area contributed by atoms with Crippen LogP contribution in [0.2, 0.25) is 0 Å². The van der Waals surface area contributed by atoms with Crippen molar-refractivity contribution >= 4 is 17.8 Å². The molecule has 1 N–H and O–H groups in total. The zero-order chi connectivity index (χ0) is 21.6. The van der Waals surface area contributed by atoms with E-state index in [1.165, 1.54) is 4.90 Å². The second-order valence-corrected chi connectivity index (χ2v) is 8.10. The lowest BCUT2D eigenvalue weighted by Crippen LogP contribution is -2.47. The SMILES string of the molecule is C=CCCCCN(C)C(=O)[C@@H]1C[C@@H](O)CN1C(=O)C[C@]1(C(=O)OCC)C[C@H]1C=C. The highest BCUT2D eigenvalue weighted by atomic mass is 16.5. The molecule has 2 rings (SSSR count). The molecule has 4 atom stereocenters. The van der Waals surface area contributed by atoms with Crippen LogP contribution >= 0.6 is 0 Å². The number of ether oxygens (including phenoxy) is 1. The number of amides is 2. The first-order valence-electron chi connectivity index (χ1n) is 10.4. The maximum Gasteiger partial charge on any atom is 0.313 e. The van der Waals surface area contributed by atoms with Crippen LogP contribution in [0.5, 0.6) is 0 Å². The number of likely N-dealkylation sites (tertiary alicyclic amines) is 1. The lowest BCUT2D eigenvalue weighted by atomic mass is 9.97. The molecule has 2 fully saturated rings. The fraction of sp³-hybridized carbons (Fsp3) is 0.682. The van der Waals surface area contributed by atoms with Crippen molar-refractivity contribution in [2.45, 2.75) is 57.6 Å². The van der Waals surface area contributed by atoms with Gasteiger partial charge < -0.3 is 19.6 Å². The van der Waals surface area contributed by atoms with E-state index >= 15 is 0 Å². The minimum absolute atomic E-state index is 0.0257. The minimum Gasteiger partial charge on any atom is -0.466 e. The second kappa shape index (κ2) is 10.1. The van der Waals surface area contributed by atoms with Crippen LogP contribution in [-0.4, -0.2) is 71.6 Å². The normalized spacial score (nSPS) is 28.0. The number of β-amino-alcohol motifs (C(OH)–C–C–N with tert-alkyl or cyclic N) is 1. The summed E-state index contributed by atoms with van der Waals surface area (Å²) in [6, 6.07) is -0.693. The maximum absolute atomic E-state index is 13.0.